The van der Waals surface area contributed by atoms with Gasteiger partial charge in [0.25, 0.3) is 0 Å². The molecule has 0 atom stereocenters. The Bertz CT molecular complexity index is 1290. The van der Waals surface area contributed by atoms with Crippen LogP contribution in [0.1, 0.15) is 68.1 Å². The summed E-state index contributed by atoms with van der Waals surface area (Å²) in [6.07, 6.45) is 9.20. The number of hydrogen-bond acceptors (Lipinski definition) is 0. The molecular formula is C29H25F5. The molecule has 3 aromatic rings. The van der Waals surface area contributed by atoms with Gasteiger partial charge in [0.05, 0.1) is 5.56 Å². The van der Waals surface area contributed by atoms with Crippen molar-refractivity contribution in [3.8, 4) is 11.8 Å². The fourth-order valence-electron chi connectivity index (χ4n) is 4.80. The Hall–Kier alpha value is -3.13. The lowest BCUT2D eigenvalue weighted by Crippen LogP contribution is -2.16. The minimum atomic E-state index is -1.17. The van der Waals surface area contributed by atoms with E-state index in [1.54, 1.807) is 0 Å². The average Bonchev–Trinajstić information content (AvgIpc) is 2.84. The van der Waals surface area contributed by atoms with Crippen molar-refractivity contribution < 1.29 is 22.0 Å². The van der Waals surface area contributed by atoms with E-state index >= 15 is 0 Å². The second-order valence-electron chi connectivity index (χ2n) is 8.86. The van der Waals surface area contributed by atoms with Crippen molar-refractivity contribution in [2.24, 2.45) is 5.92 Å². The SMILES string of the molecule is C/C=C/CCC1CCC(c2c(F)cc(C#Cc3ccc4c(F)c(F)ccc4c3)c(F)c2F)CC1. The smallest absolute Gasteiger partial charge is 0.174 e. The van der Waals surface area contributed by atoms with Crippen molar-refractivity contribution in [2.75, 3.05) is 0 Å². The molecule has 3 aromatic carbocycles. The highest BCUT2D eigenvalue weighted by atomic mass is 19.2. The second-order valence-corrected chi connectivity index (χ2v) is 8.86. The Morgan fingerprint density at radius 2 is 1.59 bits per heavy atom. The molecule has 176 valence electrons. The molecule has 0 aromatic heterocycles. The van der Waals surface area contributed by atoms with Crippen LogP contribution in [0.3, 0.4) is 0 Å². The molecule has 5 heteroatoms. The number of hydrogen-bond donors (Lipinski definition) is 0. The third kappa shape index (κ3) is 5.01. The standard InChI is InChI=1S/C29H25F5/c1-2-3-4-5-18-6-10-20(11-7-18)26-25(31)17-22(27(32)29(26)34)12-8-19-9-14-23-21(16-19)13-15-24(30)28(23)33/h2-3,9,13-18,20H,4-7,10-11H2,1H3/b3-2+. The highest BCUT2D eigenvalue weighted by Gasteiger charge is 2.29. The van der Waals surface area contributed by atoms with Crippen LogP contribution in [0.25, 0.3) is 10.8 Å². The van der Waals surface area contributed by atoms with Crippen LogP contribution in [0.15, 0.2) is 48.6 Å². The molecule has 0 aliphatic heterocycles. The Kier molecular flexibility index (Phi) is 7.36. The van der Waals surface area contributed by atoms with Gasteiger partial charge >= 0.3 is 0 Å². The number of benzene rings is 3. The number of fused-ring (bicyclic) bond motifs is 1. The number of halogens is 5. The Morgan fingerprint density at radius 1 is 0.824 bits per heavy atom. The van der Waals surface area contributed by atoms with Gasteiger partial charge in [-0.2, -0.15) is 0 Å². The van der Waals surface area contributed by atoms with Crippen molar-refractivity contribution in [1.29, 1.82) is 0 Å². The predicted octanol–water partition coefficient (Wildman–Crippen LogP) is 8.57. The second kappa shape index (κ2) is 10.4. The summed E-state index contributed by atoms with van der Waals surface area (Å²) in [6.45, 7) is 1.98. The largest absolute Gasteiger partial charge is 0.207 e. The summed E-state index contributed by atoms with van der Waals surface area (Å²) in [5.41, 5.74) is -0.165. The van der Waals surface area contributed by atoms with Gasteiger partial charge in [-0.15, -0.1) is 0 Å². The molecule has 0 spiro atoms. The number of allylic oxidation sites excluding steroid dienone is 2. The Balaban J connectivity index is 1.54. The average molecular weight is 469 g/mol. The molecule has 0 nitrogen and oxygen atoms in total. The lowest BCUT2D eigenvalue weighted by Gasteiger charge is -2.29. The van der Waals surface area contributed by atoms with Crippen molar-refractivity contribution in [2.45, 2.75) is 51.4 Å². The van der Waals surface area contributed by atoms with Gasteiger partial charge < -0.3 is 0 Å². The molecule has 1 saturated carbocycles. The zero-order valence-electron chi connectivity index (χ0n) is 18.9. The van der Waals surface area contributed by atoms with Gasteiger partial charge in [0, 0.05) is 16.5 Å². The van der Waals surface area contributed by atoms with Crippen molar-refractivity contribution in [1.82, 2.24) is 0 Å². The summed E-state index contributed by atoms with van der Waals surface area (Å²) in [6, 6.07) is 7.70. The fourth-order valence-corrected chi connectivity index (χ4v) is 4.80. The molecular weight excluding hydrogens is 443 g/mol. The quantitative estimate of drug-likeness (QED) is 0.156. The van der Waals surface area contributed by atoms with E-state index in [4.69, 9.17) is 0 Å². The summed E-state index contributed by atoms with van der Waals surface area (Å²) >= 11 is 0. The zero-order chi connectivity index (χ0) is 24.2. The maximum Gasteiger partial charge on any atom is 0.174 e. The summed E-state index contributed by atoms with van der Waals surface area (Å²) in [4.78, 5) is 0. The molecule has 1 aliphatic carbocycles. The molecule has 4 rings (SSSR count). The molecule has 0 radical (unpaired) electrons. The zero-order valence-corrected chi connectivity index (χ0v) is 18.9. The van der Waals surface area contributed by atoms with Crippen molar-refractivity contribution in [3.63, 3.8) is 0 Å². The van der Waals surface area contributed by atoms with Gasteiger partial charge in [-0.05, 0) is 86.9 Å². The summed E-state index contributed by atoms with van der Waals surface area (Å²) in [5.74, 6) is 0.311. The molecule has 0 saturated heterocycles. The Morgan fingerprint density at radius 3 is 2.32 bits per heavy atom. The van der Waals surface area contributed by atoms with Crippen LogP contribution in [0.4, 0.5) is 22.0 Å². The monoisotopic (exact) mass is 468 g/mol. The van der Waals surface area contributed by atoms with Gasteiger partial charge in [0.2, 0.25) is 0 Å². The summed E-state index contributed by atoms with van der Waals surface area (Å²) in [5, 5.41) is 0.509. The first-order valence-electron chi connectivity index (χ1n) is 11.6. The van der Waals surface area contributed by atoms with Crippen LogP contribution in [-0.4, -0.2) is 0 Å². The first kappa shape index (κ1) is 24.0. The lowest BCUT2D eigenvalue weighted by atomic mass is 9.76. The van der Waals surface area contributed by atoms with Gasteiger partial charge in [0.15, 0.2) is 23.3 Å². The van der Waals surface area contributed by atoms with Gasteiger partial charge in [-0.1, -0.05) is 36.1 Å². The highest BCUT2D eigenvalue weighted by molar-refractivity contribution is 5.84. The molecule has 1 aliphatic rings. The topological polar surface area (TPSA) is 0 Å². The van der Waals surface area contributed by atoms with E-state index in [-0.39, 0.29) is 22.4 Å². The van der Waals surface area contributed by atoms with E-state index in [0.29, 0.717) is 29.7 Å². The first-order valence-corrected chi connectivity index (χ1v) is 11.6. The molecule has 0 heterocycles. The van der Waals surface area contributed by atoms with E-state index in [1.165, 1.54) is 24.3 Å². The molecule has 0 N–H and O–H groups in total. The van der Waals surface area contributed by atoms with Crippen molar-refractivity contribution >= 4 is 10.8 Å². The van der Waals surface area contributed by atoms with Gasteiger partial charge in [0.1, 0.15) is 5.82 Å². The maximum atomic E-state index is 14.9. The first-order chi connectivity index (χ1) is 16.4. The van der Waals surface area contributed by atoms with Crippen LogP contribution in [0.2, 0.25) is 0 Å². The van der Waals surface area contributed by atoms with E-state index in [9.17, 15) is 22.0 Å². The van der Waals surface area contributed by atoms with Crippen LogP contribution >= 0.6 is 0 Å². The normalized spacial score (nSPS) is 18.3. The summed E-state index contributed by atoms with van der Waals surface area (Å²) in [7, 11) is 0. The minimum absolute atomic E-state index is 0.0923. The predicted molar refractivity (Wildman–Crippen MR) is 125 cm³/mol. The van der Waals surface area contributed by atoms with Crippen LogP contribution in [-0.2, 0) is 0 Å². The molecule has 34 heavy (non-hydrogen) atoms. The minimum Gasteiger partial charge on any atom is -0.207 e. The lowest BCUT2D eigenvalue weighted by molar-refractivity contribution is 0.301. The third-order valence-electron chi connectivity index (χ3n) is 6.67. The molecule has 0 bridgehead atoms. The van der Waals surface area contributed by atoms with Crippen LogP contribution < -0.4 is 0 Å². The van der Waals surface area contributed by atoms with Crippen molar-refractivity contribution in [3.05, 3.63) is 94.3 Å². The highest BCUT2D eigenvalue weighted by Crippen LogP contribution is 2.40. The van der Waals surface area contributed by atoms with Gasteiger partial charge in [-0.25, -0.2) is 22.0 Å². The summed E-state index contributed by atoms with van der Waals surface area (Å²) < 4.78 is 71.8. The van der Waals surface area contributed by atoms with Crippen LogP contribution in [0, 0.1) is 46.8 Å². The molecule has 1 fully saturated rings. The van der Waals surface area contributed by atoms with Crippen LogP contribution in [0.5, 0.6) is 0 Å². The number of rotatable bonds is 4. The maximum absolute atomic E-state index is 14.9. The fraction of sp³-hybridized carbons (Fsp3) is 0.310. The van der Waals surface area contributed by atoms with Gasteiger partial charge in [-0.3, -0.25) is 0 Å². The molecule has 0 unspecified atom stereocenters. The molecule has 0 amide bonds. The van der Waals surface area contributed by atoms with E-state index in [1.807, 2.05) is 13.0 Å². The van der Waals surface area contributed by atoms with E-state index < -0.39 is 29.1 Å². The Labute approximate surface area is 196 Å². The third-order valence-corrected chi connectivity index (χ3v) is 6.67. The van der Waals surface area contributed by atoms with E-state index in [2.05, 4.69) is 17.9 Å². The van der Waals surface area contributed by atoms with E-state index in [0.717, 1.165) is 37.8 Å².